The van der Waals surface area contributed by atoms with Crippen LogP contribution in [-0.4, -0.2) is 64.3 Å². The summed E-state index contributed by atoms with van der Waals surface area (Å²) in [7, 11) is 0. The van der Waals surface area contributed by atoms with E-state index in [1.165, 1.54) is 0 Å². The Morgan fingerprint density at radius 2 is 1.65 bits per heavy atom. The van der Waals surface area contributed by atoms with Gasteiger partial charge < -0.3 is 9.47 Å². The molecule has 0 bridgehead atoms. The Bertz CT molecular complexity index is 1780. The lowest BCUT2D eigenvalue weighted by Crippen LogP contribution is -2.40. The van der Waals surface area contributed by atoms with Crippen molar-refractivity contribution in [2.75, 3.05) is 0 Å². The number of hydrogen-bond donors (Lipinski definition) is 2. The van der Waals surface area contributed by atoms with Crippen LogP contribution in [0.15, 0.2) is 77.8 Å². The normalized spacial score (nSPS) is 15.3. The zero-order valence-corrected chi connectivity index (χ0v) is 27.3. The van der Waals surface area contributed by atoms with Crippen LogP contribution in [0.5, 0.6) is 0 Å². The number of amides is 1. The zero-order chi connectivity index (χ0) is 34.2. The van der Waals surface area contributed by atoms with E-state index in [2.05, 4.69) is 27.2 Å². The third-order valence-electron chi connectivity index (χ3n) is 8.70. The molecule has 14 nitrogen and oxygen atoms in total. The number of carbonyl (C=O) groups excluding carboxylic acids is 2. The lowest BCUT2D eigenvalue weighted by atomic mass is 9.97. The molecule has 4 aromatic rings. The van der Waals surface area contributed by atoms with Gasteiger partial charge in [0.15, 0.2) is 0 Å². The van der Waals surface area contributed by atoms with Gasteiger partial charge in [0.25, 0.3) is 5.91 Å². The summed E-state index contributed by atoms with van der Waals surface area (Å²) in [5.41, 5.74) is 4.39. The Balaban J connectivity index is 1.06. The average Bonchev–Trinajstić information content (AvgIpc) is 3.86. The smallest absolute Gasteiger partial charge is 0.429 e. The molecule has 1 amide bonds. The van der Waals surface area contributed by atoms with Gasteiger partial charge in [-0.3, -0.25) is 25.1 Å². The molecule has 0 saturated heterocycles. The number of benzene rings is 3. The van der Waals surface area contributed by atoms with E-state index < -0.39 is 11.7 Å². The first-order valence-corrected chi connectivity index (χ1v) is 16.4. The van der Waals surface area contributed by atoms with Crippen LogP contribution < -0.4 is 0 Å². The SMILES string of the molecule is CCCCC1=NC2(CCCC2)C(=O)N1Cc1ccc(-c2ccccc2-c2nnn(COC(=O)OCc3cccc(CON(O)O)c3)n2)cc1. The van der Waals surface area contributed by atoms with Gasteiger partial charge in [0.05, 0.1) is 18.5 Å². The van der Waals surface area contributed by atoms with Gasteiger partial charge in [-0.05, 0) is 52.3 Å². The topological polar surface area (TPSA) is 165 Å². The Morgan fingerprint density at radius 3 is 2.39 bits per heavy atom. The maximum atomic E-state index is 13.6. The van der Waals surface area contributed by atoms with Crippen LogP contribution in [0.4, 0.5) is 4.79 Å². The number of nitrogens with zero attached hydrogens (tertiary/aromatic N) is 7. The quantitative estimate of drug-likeness (QED) is 0.118. The molecule has 2 heterocycles. The van der Waals surface area contributed by atoms with E-state index in [0.29, 0.717) is 23.5 Å². The lowest BCUT2D eigenvalue weighted by molar-refractivity contribution is -0.497. The van der Waals surface area contributed by atoms with Gasteiger partial charge in [0, 0.05) is 12.0 Å². The second-order valence-electron chi connectivity index (χ2n) is 12.1. The molecule has 1 saturated carbocycles. The number of hydrogen-bond acceptors (Lipinski definition) is 12. The number of ether oxygens (including phenoxy) is 2. The van der Waals surface area contributed by atoms with Gasteiger partial charge in [0.1, 0.15) is 18.0 Å². The molecule has 49 heavy (non-hydrogen) atoms. The summed E-state index contributed by atoms with van der Waals surface area (Å²) < 4.78 is 10.3. The van der Waals surface area contributed by atoms with Gasteiger partial charge in [-0.1, -0.05) is 99.0 Å². The molecule has 1 aliphatic heterocycles. The first-order chi connectivity index (χ1) is 23.8. The predicted octanol–water partition coefficient (Wildman–Crippen LogP) is 6.07. The van der Waals surface area contributed by atoms with E-state index in [-0.39, 0.29) is 31.2 Å². The van der Waals surface area contributed by atoms with Gasteiger partial charge in [0.2, 0.25) is 12.6 Å². The average molecular weight is 670 g/mol. The first-order valence-electron chi connectivity index (χ1n) is 16.4. The minimum absolute atomic E-state index is 0.0699. The highest BCUT2D eigenvalue weighted by Crippen LogP contribution is 2.40. The maximum absolute atomic E-state index is 13.6. The van der Waals surface area contributed by atoms with Crippen LogP contribution in [0, 0.1) is 0 Å². The Labute approximate surface area is 283 Å². The van der Waals surface area contributed by atoms with E-state index >= 15 is 0 Å². The van der Waals surface area contributed by atoms with Crippen molar-refractivity contribution in [3.63, 3.8) is 0 Å². The van der Waals surface area contributed by atoms with E-state index in [1.807, 2.05) is 53.4 Å². The molecule has 256 valence electrons. The molecule has 3 aromatic carbocycles. The fourth-order valence-corrected chi connectivity index (χ4v) is 6.24. The van der Waals surface area contributed by atoms with Crippen molar-refractivity contribution in [1.29, 1.82) is 0 Å². The fraction of sp³-hybridized carbons (Fsp3) is 0.371. The van der Waals surface area contributed by atoms with Crippen molar-refractivity contribution < 1.29 is 34.3 Å². The summed E-state index contributed by atoms with van der Waals surface area (Å²) in [5, 5.41) is 29.7. The van der Waals surface area contributed by atoms with Crippen LogP contribution >= 0.6 is 0 Å². The van der Waals surface area contributed by atoms with E-state index in [9.17, 15) is 9.59 Å². The van der Waals surface area contributed by atoms with Crippen molar-refractivity contribution in [3.05, 3.63) is 89.5 Å². The lowest BCUT2D eigenvalue weighted by Gasteiger charge is -2.23. The zero-order valence-electron chi connectivity index (χ0n) is 27.3. The first kappa shape index (κ1) is 33.9. The van der Waals surface area contributed by atoms with Crippen LogP contribution in [0.25, 0.3) is 22.5 Å². The highest BCUT2D eigenvalue weighted by Gasteiger charge is 2.49. The Kier molecular flexibility index (Phi) is 10.7. The molecule has 0 atom stereocenters. The molecular weight excluding hydrogens is 630 g/mol. The van der Waals surface area contributed by atoms with Crippen molar-refractivity contribution in [2.24, 2.45) is 4.99 Å². The third kappa shape index (κ3) is 8.17. The predicted molar refractivity (Wildman–Crippen MR) is 175 cm³/mol. The molecule has 1 fully saturated rings. The molecule has 1 aromatic heterocycles. The maximum Gasteiger partial charge on any atom is 0.510 e. The monoisotopic (exact) mass is 669 g/mol. The summed E-state index contributed by atoms with van der Waals surface area (Å²) in [6, 6.07) is 22.7. The molecule has 0 unspecified atom stereocenters. The van der Waals surface area contributed by atoms with Crippen LogP contribution in [-0.2, 0) is 45.6 Å². The van der Waals surface area contributed by atoms with Crippen LogP contribution in [0.3, 0.4) is 0 Å². The fourth-order valence-electron chi connectivity index (χ4n) is 6.24. The van der Waals surface area contributed by atoms with Crippen molar-refractivity contribution in [3.8, 4) is 22.5 Å². The number of amidine groups is 1. The molecule has 2 aliphatic rings. The molecule has 0 radical (unpaired) electrons. The number of rotatable bonds is 14. The summed E-state index contributed by atoms with van der Waals surface area (Å²) in [6.07, 6.45) is 5.74. The third-order valence-corrected chi connectivity index (χ3v) is 8.70. The Morgan fingerprint density at radius 1 is 0.918 bits per heavy atom. The number of aliphatic imine (C=N–C) groups is 1. The molecule has 2 N–H and O–H groups in total. The number of tetrazole rings is 1. The van der Waals surface area contributed by atoms with E-state index in [4.69, 9.17) is 24.9 Å². The number of carbonyl (C=O) groups is 2. The minimum Gasteiger partial charge on any atom is -0.429 e. The molecule has 1 aliphatic carbocycles. The number of unbranched alkanes of at least 4 members (excludes halogenated alkanes) is 1. The summed E-state index contributed by atoms with van der Waals surface area (Å²) >= 11 is 0. The minimum atomic E-state index is -0.921. The molecule has 1 spiro atoms. The second kappa shape index (κ2) is 15.5. The highest BCUT2D eigenvalue weighted by atomic mass is 17.1. The summed E-state index contributed by atoms with van der Waals surface area (Å²) in [5.74, 6) is 1.43. The van der Waals surface area contributed by atoms with Gasteiger partial charge in [-0.2, -0.15) is 0 Å². The summed E-state index contributed by atoms with van der Waals surface area (Å²) in [4.78, 5) is 38.5. The Hall–Kier alpha value is -5.02. The second-order valence-corrected chi connectivity index (χ2v) is 12.1. The van der Waals surface area contributed by atoms with Crippen LogP contribution in [0.2, 0.25) is 0 Å². The van der Waals surface area contributed by atoms with E-state index in [1.54, 1.807) is 24.3 Å². The molecular formula is C35H39N7O7. The van der Waals surface area contributed by atoms with Crippen molar-refractivity contribution in [2.45, 2.75) is 83.9 Å². The van der Waals surface area contributed by atoms with Crippen molar-refractivity contribution in [1.82, 2.24) is 30.5 Å². The van der Waals surface area contributed by atoms with E-state index in [0.717, 1.165) is 77.8 Å². The van der Waals surface area contributed by atoms with Crippen molar-refractivity contribution >= 4 is 17.9 Å². The standard InChI is InChI=1S/C35H39N7O7/c1-2-3-13-31-36-35(18-6-7-19-35)33(43)40(31)21-25-14-16-28(17-15-25)29-11-4-5-12-30(29)32-37-39-41(38-32)24-48-34(44)47-22-26-9-8-10-27(20-26)23-49-42(45)46/h4-5,8-12,14-17,20,45-46H,2-3,6-7,13,18-19,21-24H2,1H3. The van der Waals surface area contributed by atoms with Gasteiger partial charge in [-0.25, -0.2) is 9.63 Å². The van der Waals surface area contributed by atoms with Crippen LogP contribution in [0.1, 0.15) is 68.6 Å². The highest BCUT2D eigenvalue weighted by molar-refractivity contribution is 6.08. The van der Waals surface area contributed by atoms with Gasteiger partial charge in [-0.15, -0.1) is 15.0 Å². The summed E-state index contributed by atoms with van der Waals surface area (Å²) in [6.45, 7) is 2.19. The molecule has 6 rings (SSSR count). The number of aromatic nitrogens is 4. The van der Waals surface area contributed by atoms with Gasteiger partial charge >= 0.3 is 6.16 Å². The largest absolute Gasteiger partial charge is 0.510 e. The molecule has 14 heteroatoms.